The van der Waals surface area contributed by atoms with Crippen LogP contribution in [0.2, 0.25) is 0 Å². The van der Waals surface area contributed by atoms with Gasteiger partial charge in [0, 0.05) is 24.5 Å². The molecule has 25 heavy (non-hydrogen) atoms. The first kappa shape index (κ1) is 16.6. The minimum atomic E-state index is -0.563. The predicted octanol–water partition coefficient (Wildman–Crippen LogP) is 0.0259. The molecule has 0 spiro atoms. The molecule has 0 bridgehead atoms. The van der Waals surface area contributed by atoms with Crippen LogP contribution in [-0.2, 0) is 32.3 Å². The maximum atomic E-state index is 12.8. The van der Waals surface area contributed by atoms with Crippen LogP contribution in [0.25, 0.3) is 0 Å². The Morgan fingerprint density at radius 2 is 2.28 bits per heavy atom. The summed E-state index contributed by atoms with van der Waals surface area (Å²) in [5.41, 5.74) is 2.07. The second-order valence-electron chi connectivity index (χ2n) is 5.14. The normalized spacial score (nSPS) is 13.5. The second kappa shape index (κ2) is 7.51. The van der Waals surface area contributed by atoms with Crippen molar-refractivity contribution in [1.29, 1.82) is 0 Å². The third-order valence-corrected chi connectivity index (χ3v) is 3.47. The molecule has 1 aliphatic heterocycles. The van der Waals surface area contributed by atoms with Crippen molar-refractivity contribution in [3.05, 3.63) is 41.7 Å². The molecule has 0 saturated carbocycles. The topological polar surface area (TPSA) is 123 Å². The molecule has 0 radical (unpaired) electrons. The van der Waals surface area contributed by atoms with Crippen molar-refractivity contribution in [2.75, 3.05) is 13.2 Å². The summed E-state index contributed by atoms with van der Waals surface area (Å²) >= 11 is 0. The Morgan fingerprint density at radius 1 is 1.40 bits per heavy atom. The van der Waals surface area contributed by atoms with Gasteiger partial charge in [-0.25, -0.2) is 14.8 Å². The fourth-order valence-electron chi connectivity index (χ4n) is 2.34. The van der Waals surface area contributed by atoms with Crippen molar-refractivity contribution < 1.29 is 19.2 Å². The van der Waals surface area contributed by atoms with E-state index in [0.717, 1.165) is 11.3 Å². The van der Waals surface area contributed by atoms with Crippen LogP contribution in [0.3, 0.4) is 0 Å². The van der Waals surface area contributed by atoms with Crippen molar-refractivity contribution >= 4 is 17.6 Å². The van der Waals surface area contributed by atoms with Gasteiger partial charge in [0.05, 0.1) is 24.5 Å². The van der Waals surface area contributed by atoms with Crippen molar-refractivity contribution in [1.82, 2.24) is 25.1 Å². The van der Waals surface area contributed by atoms with Crippen molar-refractivity contribution in [3.63, 3.8) is 0 Å². The lowest BCUT2D eigenvalue weighted by atomic mass is 10.2. The SMILES string of the molecule is CCOC(=O)CO/N=C(/C(=O)N1Cc2cncnc2C1)c1ccn[nH]1. The maximum Gasteiger partial charge on any atom is 0.347 e. The third-order valence-electron chi connectivity index (χ3n) is 3.47. The number of nitrogens with one attached hydrogen (secondary N) is 1. The number of nitrogens with zero attached hydrogens (tertiary/aromatic N) is 5. The van der Waals surface area contributed by atoms with Crippen LogP contribution in [0.15, 0.2) is 29.9 Å². The summed E-state index contributed by atoms with van der Waals surface area (Å²) < 4.78 is 4.75. The van der Waals surface area contributed by atoms with Gasteiger partial charge >= 0.3 is 5.97 Å². The van der Waals surface area contributed by atoms with Crippen LogP contribution in [0.4, 0.5) is 0 Å². The van der Waals surface area contributed by atoms with E-state index in [0.29, 0.717) is 18.8 Å². The standard InChI is InChI=1S/C15H16N6O4/c1-2-24-13(22)8-25-20-14(11-3-4-18-19-11)15(23)21-6-10-5-16-9-17-12(10)7-21/h3-5,9H,2,6-8H2,1H3,(H,18,19)/b20-14+. The number of aromatic amines is 1. The van der Waals surface area contributed by atoms with Gasteiger partial charge in [-0.3, -0.25) is 9.89 Å². The largest absolute Gasteiger partial charge is 0.463 e. The van der Waals surface area contributed by atoms with E-state index >= 15 is 0 Å². The number of aromatic nitrogens is 4. The van der Waals surface area contributed by atoms with Gasteiger partial charge in [-0.15, -0.1) is 0 Å². The number of fused-ring (bicyclic) bond motifs is 1. The highest BCUT2D eigenvalue weighted by molar-refractivity contribution is 6.44. The maximum absolute atomic E-state index is 12.8. The third kappa shape index (κ3) is 3.79. The number of oxime groups is 1. The van der Waals surface area contributed by atoms with Gasteiger partial charge < -0.3 is 14.5 Å². The van der Waals surface area contributed by atoms with E-state index in [1.54, 1.807) is 24.1 Å². The molecular formula is C15H16N6O4. The highest BCUT2D eigenvalue weighted by Gasteiger charge is 2.29. The number of esters is 1. The molecule has 130 valence electrons. The molecular weight excluding hydrogens is 328 g/mol. The van der Waals surface area contributed by atoms with E-state index in [1.807, 2.05) is 0 Å². The molecule has 0 aromatic carbocycles. The Balaban J connectivity index is 1.74. The van der Waals surface area contributed by atoms with Crippen molar-refractivity contribution in [3.8, 4) is 0 Å². The smallest absolute Gasteiger partial charge is 0.347 e. The Bertz CT molecular complexity index is 764. The number of H-pyrrole nitrogens is 1. The van der Waals surface area contributed by atoms with E-state index in [-0.39, 0.29) is 24.8 Å². The summed E-state index contributed by atoms with van der Waals surface area (Å²) in [5, 5.41) is 10.3. The number of hydrogen-bond donors (Lipinski definition) is 1. The van der Waals surface area contributed by atoms with Gasteiger partial charge in [-0.1, -0.05) is 5.16 Å². The average Bonchev–Trinajstić information content (AvgIpc) is 3.27. The first-order valence-electron chi connectivity index (χ1n) is 7.61. The molecule has 0 unspecified atom stereocenters. The summed E-state index contributed by atoms with van der Waals surface area (Å²) in [6.07, 6.45) is 4.62. The Kier molecular flexibility index (Phi) is 4.97. The molecule has 2 aromatic rings. The summed E-state index contributed by atoms with van der Waals surface area (Å²) in [5.74, 6) is -0.933. The molecule has 2 aromatic heterocycles. The zero-order chi connectivity index (χ0) is 17.6. The molecule has 1 N–H and O–H groups in total. The lowest BCUT2D eigenvalue weighted by molar-refractivity contribution is -0.148. The molecule has 3 heterocycles. The van der Waals surface area contributed by atoms with Crippen molar-refractivity contribution in [2.45, 2.75) is 20.0 Å². The van der Waals surface area contributed by atoms with Gasteiger partial charge in [0.25, 0.3) is 5.91 Å². The number of amides is 1. The lowest BCUT2D eigenvalue weighted by Crippen LogP contribution is -2.33. The molecule has 0 saturated heterocycles. The Morgan fingerprint density at radius 3 is 3.00 bits per heavy atom. The van der Waals surface area contributed by atoms with Crippen LogP contribution in [0.5, 0.6) is 0 Å². The number of carbonyl (C=O) groups is 2. The van der Waals surface area contributed by atoms with Gasteiger partial charge in [-0.2, -0.15) is 5.10 Å². The summed E-state index contributed by atoms with van der Waals surface area (Å²) in [4.78, 5) is 38.8. The van der Waals surface area contributed by atoms with Crippen LogP contribution in [0, 0.1) is 0 Å². The zero-order valence-corrected chi connectivity index (χ0v) is 13.5. The lowest BCUT2D eigenvalue weighted by Gasteiger charge is -2.15. The monoisotopic (exact) mass is 344 g/mol. The average molecular weight is 344 g/mol. The Labute approximate surface area is 142 Å². The van der Waals surface area contributed by atoms with E-state index in [1.165, 1.54) is 12.5 Å². The van der Waals surface area contributed by atoms with E-state index < -0.39 is 5.97 Å². The molecule has 1 amide bonds. The summed E-state index contributed by atoms with van der Waals surface area (Å²) in [6, 6.07) is 1.59. The fraction of sp³-hybridized carbons (Fsp3) is 0.333. The summed E-state index contributed by atoms with van der Waals surface area (Å²) in [6.45, 7) is 2.27. The predicted molar refractivity (Wildman–Crippen MR) is 84.0 cm³/mol. The van der Waals surface area contributed by atoms with Crippen LogP contribution < -0.4 is 0 Å². The first-order chi connectivity index (χ1) is 12.2. The van der Waals surface area contributed by atoms with E-state index in [9.17, 15) is 9.59 Å². The zero-order valence-electron chi connectivity index (χ0n) is 13.5. The molecule has 0 atom stereocenters. The van der Waals surface area contributed by atoms with Crippen molar-refractivity contribution in [2.24, 2.45) is 5.16 Å². The highest BCUT2D eigenvalue weighted by atomic mass is 16.7. The number of ether oxygens (including phenoxy) is 1. The van der Waals surface area contributed by atoms with Crippen LogP contribution >= 0.6 is 0 Å². The second-order valence-corrected chi connectivity index (χ2v) is 5.14. The van der Waals surface area contributed by atoms with E-state index in [2.05, 4.69) is 25.3 Å². The molecule has 3 rings (SSSR count). The molecule has 0 fully saturated rings. The minimum absolute atomic E-state index is 0.0163. The van der Waals surface area contributed by atoms with Crippen LogP contribution in [-0.4, -0.2) is 55.9 Å². The minimum Gasteiger partial charge on any atom is -0.463 e. The molecule has 10 heteroatoms. The number of rotatable bonds is 6. The van der Waals surface area contributed by atoms with Crippen LogP contribution in [0.1, 0.15) is 23.9 Å². The highest BCUT2D eigenvalue weighted by Crippen LogP contribution is 2.20. The first-order valence-corrected chi connectivity index (χ1v) is 7.61. The quantitative estimate of drug-likeness (QED) is 0.445. The van der Waals surface area contributed by atoms with Gasteiger partial charge in [0.15, 0.2) is 5.71 Å². The number of hydrogen-bond acceptors (Lipinski definition) is 8. The fourth-order valence-corrected chi connectivity index (χ4v) is 2.34. The number of carbonyl (C=O) groups excluding carboxylic acids is 2. The molecule has 1 aliphatic rings. The summed E-state index contributed by atoms with van der Waals surface area (Å²) in [7, 11) is 0. The van der Waals surface area contributed by atoms with E-state index in [4.69, 9.17) is 9.57 Å². The Hall–Kier alpha value is -3.30. The molecule has 10 nitrogen and oxygen atoms in total. The molecule has 0 aliphatic carbocycles. The van der Waals surface area contributed by atoms with Gasteiger partial charge in [0.1, 0.15) is 6.33 Å². The van der Waals surface area contributed by atoms with Gasteiger partial charge in [0.2, 0.25) is 6.61 Å². The van der Waals surface area contributed by atoms with Gasteiger partial charge in [-0.05, 0) is 13.0 Å².